The Hall–Kier alpha value is -4.34. The van der Waals surface area contributed by atoms with Gasteiger partial charge >= 0.3 is 5.69 Å². The lowest BCUT2D eigenvalue weighted by atomic mass is 10.0. The van der Waals surface area contributed by atoms with Crippen LogP contribution >= 0.6 is 0 Å². The van der Waals surface area contributed by atoms with Crippen LogP contribution < -0.4 is 5.69 Å². The van der Waals surface area contributed by atoms with Gasteiger partial charge in [-0.1, -0.05) is 43.7 Å². The number of benzene rings is 1. The van der Waals surface area contributed by atoms with Crippen LogP contribution in [-0.2, 0) is 20.0 Å². The number of aromatic amines is 1. The molecule has 4 aromatic heterocycles. The maximum Gasteiger partial charge on any atom is 0.334 e. The number of unbranched alkanes of at least 4 members (excludes halogenated alkanes) is 1. The van der Waals surface area contributed by atoms with Gasteiger partial charge in [-0.05, 0) is 41.8 Å². The van der Waals surface area contributed by atoms with Crippen LogP contribution in [0.3, 0.4) is 0 Å². The minimum absolute atomic E-state index is 0.0863. The smallest absolute Gasteiger partial charge is 0.290 e. The predicted octanol–water partition coefficient (Wildman–Crippen LogP) is 3.31. The van der Waals surface area contributed by atoms with Crippen LogP contribution in [0.2, 0.25) is 0 Å². The van der Waals surface area contributed by atoms with E-state index in [0.29, 0.717) is 12.4 Å². The molecular formula is C25H27N9O. The van der Waals surface area contributed by atoms with Crippen molar-refractivity contribution < 1.29 is 0 Å². The highest BCUT2D eigenvalue weighted by molar-refractivity contribution is 5.79. The number of imidazole rings is 1. The molecule has 5 aromatic rings. The minimum atomic E-state index is -0.0863. The van der Waals surface area contributed by atoms with Gasteiger partial charge in [-0.3, -0.25) is 18.8 Å². The highest BCUT2D eigenvalue weighted by Gasteiger charge is 2.17. The zero-order valence-corrected chi connectivity index (χ0v) is 20.0. The fourth-order valence-corrected chi connectivity index (χ4v) is 4.35. The minimum Gasteiger partial charge on any atom is -0.290 e. The number of rotatable bonds is 8. The molecule has 178 valence electrons. The third kappa shape index (κ3) is 4.30. The molecule has 10 nitrogen and oxygen atoms in total. The van der Waals surface area contributed by atoms with Gasteiger partial charge in [0.2, 0.25) is 0 Å². The van der Waals surface area contributed by atoms with Crippen molar-refractivity contribution in [2.45, 2.75) is 39.7 Å². The average molecular weight is 470 g/mol. The van der Waals surface area contributed by atoms with Gasteiger partial charge in [-0.15, -0.1) is 5.10 Å². The van der Waals surface area contributed by atoms with Crippen molar-refractivity contribution in [3.05, 3.63) is 82.4 Å². The summed E-state index contributed by atoms with van der Waals surface area (Å²) in [7, 11) is 1.85. The Kier molecular flexibility index (Phi) is 6.09. The molecule has 0 saturated heterocycles. The summed E-state index contributed by atoms with van der Waals surface area (Å²) >= 11 is 0. The Morgan fingerprint density at radius 1 is 1.06 bits per heavy atom. The van der Waals surface area contributed by atoms with E-state index >= 15 is 0 Å². The van der Waals surface area contributed by atoms with E-state index in [1.54, 1.807) is 15.4 Å². The topological polar surface area (TPSA) is 112 Å². The van der Waals surface area contributed by atoms with Crippen molar-refractivity contribution in [3.63, 3.8) is 0 Å². The fourth-order valence-electron chi connectivity index (χ4n) is 4.35. The van der Waals surface area contributed by atoms with Gasteiger partial charge < -0.3 is 0 Å². The van der Waals surface area contributed by atoms with Crippen LogP contribution in [0.15, 0.2) is 59.8 Å². The van der Waals surface area contributed by atoms with Crippen molar-refractivity contribution in [2.24, 2.45) is 7.05 Å². The molecule has 0 aliphatic rings. The second-order valence-corrected chi connectivity index (χ2v) is 8.57. The van der Waals surface area contributed by atoms with Gasteiger partial charge in [0.1, 0.15) is 5.82 Å². The molecule has 0 fully saturated rings. The Bertz CT molecular complexity index is 1470. The van der Waals surface area contributed by atoms with Crippen molar-refractivity contribution in [1.82, 2.24) is 44.5 Å². The number of nitrogens with one attached hydrogen (secondary N) is 1. The molecule has 1 N–H and O–H groups in total. The lowest BCUT2D eigenvalue weighted by molar-refractivity contribution is 0.656. The van der Waals surface area contributed by atoms with E-state index in [1.165, 1.54) is 0 Å². The van der Waals surface area contributed by atoms with Crippen LogP contribution in [0.25, 0.3) is 28.3 Å². The summed E-state index contributed by atoms with van der Waals surface area (Å²) < 4.78 is 5.25. The first-order chi connectivity index (χ1) is 17.1. The first-order valence-corrected chi connectivity index (χ1v) is 11.6. The summed E-state index contributed by atoms with van der Waals surface area (Å²) in [4.78, 5) is 18.2. The zero-order valence-electron chi connectivity index (χ0n) is 20.0. The van der Waals surface area contributed by atoms with E-state index in [9.17, 15) is 4.79 Å². The van der Waals surface area contributed by atoms with Gasteiger partial charge in [0.05, 0.1) is 18.4 Å². The number of nitrogens with zero attached hydrogens (tertiary/aromatic N) is 8. The van der Waals surface area contributed by atoms with E-state index in [1.807, 2.05) is 67.3 Å². The Morgan fingerprint density at radius 2 is 1.89 bits per heavy atom. The number of tetrazole rings is 1. The van der Waals surface area contributed by atoms with E-state index in [0.717, 1.165) is 58.7 Å². The van der Waals surface area contributed by atoms with Crippen molar-refractivity contribution in [2.75, 3.05) is 0 Å². The lowest BCUT2D eigenvalue weighted by Gasteiger charge is -2.09. The number of pyridine rings is 1. The number of H-pyrrole nitrogens is 1. The monoisotopic (exact) mass is 469 g/mol. The van der Waals surface area contributed by atoms with Gasteiger partial charge in [0.15, 0.2) is 5.82 Å². The average Bonchev–Trinajstić information content (AvgIpc) is 3.60. The largest absolute Gasteiger partial charge is 0.334 e. The zero-order chi connectivity index (χ0) is 24.4. The maximum absolute atomic E-state index is 13.5. The fraction of sp³-hybridized carbons (Fsp3) is 0.280. The van der Waals surface area contributed by atoms with Crippen molar-refractivity contribution in [1.29, 1.82) is 0 Å². The van der Waals surface area contributed by atoms with E-state index in [2.05, 4.69) is 32.6 Å². The molecule has 0 unspecified atom stereocenters. The predicted molar refractivity (Wildman–Crippen MR) is 132 cm³/mol. The Labute approximate surface area is 202 Å². The second-order valence-electron chi connectivity index (χ2n) is 8.57. The first-order valence-electron chi connectivity index (χ1n) is 11.6. The lowest BCUT2D eigenvalue weighted by Crippen LogP contribution is -2.26. The first kappa shape index (κ1) is 22.5. The number of hydrogen-bond donors (Lipinski definition) is 1. The van der Waals surface area contributed by atoms with E-state index < -0.39 is 0 Å². The number of aromatic nitrogens is 9. The normalized spacial score (nSPS) is 11.3. The SMILES string of the molecule is CCCCc1cn(-c2c(C)cnn2C)c(=O)n1Cc1ccc(-c2ccccc2-c2nnn[nH]2)cn1. The molecule has 0 bridgehead atoms. The van der Waals surface area contributed by atoms with Crippen LogP contribution in [0, 0.1) is 6.92 Å². The van der Waals surface area contributed by atoms with Crippen molar-refractivity contribution in [3.8, 4) is 28.3 Å². The highest BCUT2D eigenvalue weighted by Crippen LogP contribution is 2.29. The number of aryl methyl sites for hydroxylation is 3. The third-order valence-electron chi connectivity index (χ3n) is 6.14. The maximum atomic E-state index is 13.5. The molecule has 35 heavy (non-hydrogen) atoms. The molecule has 0 spiro atoms. The molecule has 10 heteroatoms. The van der Waals surface area contributed by atoms with Gasteiger partial charge in [-0.25, -0.2) is 9.89 Å². The molecule has 0 amide bonds. The van der Waals surface area contributed by atoms with Gasteiger partial charge in [0.25, 0.3) is 0 Å². The second kappa shape index (κ2) is 9.49. The van der Waals surface area contributed by atoms with Gasteiger partial charge in [0, 0.05) is 41.8 Å². The third-order valence-corrected chi connectivity index (χ3v) is 6.14. The van der Waals surface area contributed by atoms with E-state index in [4.69, 9.17) is 4.98 Å². The van der Waals surface area contributed by atoms with Crippen LogP contribution in [0.1, 0.15) is 36.7 Å². The molecule has 0 aliphatic heterocycles. The summed E-state index contributed by atoms with van der Waals surface area (Å²) in [6.45, 7) is 4.51. The molecule has 0 radical (unpaired) electrons. The summed E-state index contributed by atoms with van der Waals surface area (Å²) in [5, 5.41) is 18.5. The summed E-state index contributed by atoms with van der Waals surface area (Å²) in [6, 6.07) is 11.9. The molecular weight excluding hydrogens is 442 g/mol. The standard InChI is InChI=1S/C25H27N9O/c1-4-5-8-20-16-34(24-17(2)13-27-32(24)3)25(35)33(20)15-19-12-11-18(14-26-19)21-9-6-7-10-22(21)23-28-30-31-29-23/h6-7,9-14,16H,4-5,8,15H2,1-3H3,(H,28,29,30,31). The Morgan fingerprint density at radius 3 is 2.54 bits per heavy atom. The van der Waals surface area contributed by atoms with Crippen LogP contribution in [0.4, 0.5) is 0 Å². The molecule has 0 saturated carbocycles. The van der Waals surface area contributed by atoms with Crippen molar-refractivity contribution >= 4 is 0 Å². The summed E-state index contributed by atoms with van der Waals surface area (Å²) in [5.41, 5.74) is 5.49. The van der Waals surface area contributed by atoms with E-state index in [-0.39, 0.29) is 5.69 Å². The number of hydrogen-bond acceptors (Lipinski definition) is 6. The molecule has 5 rings (SSSR count). The quantitative estimate of drug-likeness (QED) is 0.373. The summed E-state index contributed by atoms with van der Waals surface area (Å²) in [5.74, 6) is 1.39. The summed E-state index contributed by atoms with van der Waals surface area (Å²) in [6.07, 6.45) is 8.43. The molecule has 1 aromatic carbocycles. The highest BCUT2D eigenvalue weighted by atomic mass is 16.1. The van der Waals surface area contributed by atoms with Gasteiger partial charge in [-0.2, -0.15) is 5.10 Å². The van der Waals surface area contributed by atoms with Crippen LogP contribution in [0.5, 0.6) is 0 Å². The Balaban J connectivity index is 1.48. The molecule has 0 aliphatic carbocycles. The molecule has 0 atom stereocenters. The van der Waals surface area contributed by atoms with Crippen LogP contribution in [-0.4, -0.2) is 44.5 Å². The molecule has 4 heterocycles.